The lowest BCUT2D eigenvalue weighted by atomic mass is 9.78. The Morgan fingerprint density at radius 1 is 1.05 bits per heavy atom. The van der Waals surface area contributed by atoms with Crippen LogP contribution in [0.4, 0.5) is 8.78 Å². The van der Waals surface area contributed by atoms with Gasteiger partial charge in [-0.05, 0) is 40.7 Å². The van der Waals surface area contributed by atoms with Crippen LogP contribution in [-0.2, 0) is 9.31 Å². The molecule has 1 saturated heterocycles. The standard InChI is InChI=1S/C14H19BF2O3/c1-6-18-12-8-10(16)9(7-11(12)17)15-19-13(2,3)14(4,5)20-15/h7-8H,6H2,1-5H3. The second-order valence-electron chi connectivity index (χ2n) is 5.83. The van der Waals surface area contributed by atoms with Crippen molar-refractivity contribution in [3.63, 3.8) is 0 Å². The molecule has 0 aromatic heterocycles. The summed E-state index contributed by atoms with van der Waals surface area (Å²) in [5.41, 5.74) is -1.15. The van der Waals surface area contributed by atoms with Gasteiger partial charge >= 0.3 is 7.12 Å². The lowest BCUT2D eigenvalue weighted by molar-refractivity contribution is 0.00578. The molecule has 110 valence electrons. The Labute approximate surface area is 118 Å². The van der Waals surface area contributed by atoms with Crippen molar-refractivity contribution >= 4 is 12.6 Å². The van der Waals surface area contributed by atoms with Crippen molar-refractivity contribution in [1.82, 2.24) is 0 Å². The van der Waals surface area contributed by atoms with Crippen LogP contribution >= 0.6 is 0 Å². The minimum Gasteiger partial charge on any atom is -0.491 e. The maximum Gasteiger partial charge on any atom is 0.497 e. The average Bonchev–Trinajstić information content (AvgIpc) is 2.53. The summed E-state index contributed by atoms with van der Waals surface area (Å²) in [4.78, 5) is 0. The average molecular weight is 284 g/mol. The molecule has 0 amide bonds. The van der Waals surface area contributed by atoms with Gasteiger partial charge in [-0.2, -0.15) is 0 Å². The van der Waals surface area contributed by atoms with E-state index in [2.05, 4.69) is 0 Å². The third-order valence-corrected chi connectivity index (χ3v) is 3.86. The molecule has 1 aromatic rings. The van der Waals surface area contributed by atoms with Crippen LogP contribution in [0, 0.1) is 11.6 Å². The van der Waals surface area contributed by atoms with Gasteiger partial charge in [0.05, 0.1) is 17.8 Å². The Bertz CT molecular complexity index is 501. The van der Waals surface area contributed by atoms with E-state index in [1.54, 1.807) is 6.92 Å². The summed E-state index contributed by atoms with van der Waals surface area (Å²) in [7, 11) is -0.926. The van der Waals surface area contributed by atoms with Gasteiger partial charge in [-0.15, -0.1) is 0 Å². The highest BCUT2D eigenvalue weighted by Gasteiger charge is 2.52. The monoisotopic (exact) mass is 284 g/mol. The third kappa shape index (κ3) is 2.54. The smallest absolute Gasteiger partial charge is 0.491 e. The predicted octanol–water partition coefficient (Wildman–Crippen LogP) is 2.66. The third-order valence-electron chi connectivity index (χ3n) is 3.86. The summed E-state index contributed by atoms with van der Waals surface area (Å²) >= 11 is 0. The molecule has 2 rings (SSSR count). The maximum atomic E-state index is 14.1. The Morgan fingerprint density at radius 3 is 2.10 bits per heavy atom. The van der Waals surface area contributed by atoms with Gasteiger partial charge in [0.2, 0.25) is 0 Å². The van der Waals surface area contributed by atoms with Crippen LogP contribution in [0.3, 0.4) is 0 Å². The Balaban J connectivity index is 2.34. The van der Waals surface area contributed by atoms with Crippen molar-refractivity contribution in [3.05, 3.63) is 23.8 Å². The zero-order valence-corrected chi connectivity index (χ0v) is 12.4. The SMILES string of the molecule is CCOc1cc(F)c(B2OC(C)(C)C(C)(C)O2)cc1F. The van der Waals surface area contributed by atoms with Crippen molar-refractivity contribution in [2.24, 2.45) is 0 Å². The summed E-state index contributed by atoms with van der Waals surface area (Å²) in [5.74, 6) is -1.34. The molecule has 0 atom stereocenters. The van der Waals surface area contributed by atoms with Crippen LogP contribution in [0.15, 0.2) is 12.1 Å². The van der Waals surface area contributed by atoms with Crippen molar-refractivity contribution in [2.45, 2.75) is 45.8 Å². The van der Waals surface area contributed by atoms with Gasteiger partial charge in [0.25, 0.3) is 0 Å². The number of benzene rings is 1. The summed E-state index contributed by atoms with van der Waals surface area (Å²) in [6.07, 6.45) is 0. The van der Waals surface area contributed by atoms with Gasteiger partial charge in [-0.3, -0.25) is 0 Å². The number of ether oxygens (including phenoxy) is 1. The van der Waals surface area contributed by atoms with Crippen molar-refractivity contribution in [1.29, 1.82) is 0 Å². The van der Waals surface area contributed by atoms with E-state index in [-0.39, 0.29) is 17.8 Å². The zero-order valence-electron chi connectivity index (χ0n) is 12.4. The van der Waals surface area contributed by atoms with E-state index >= 15 is 0 Å². The highest BCUT2D eigenvalue weighted by atomic mass is 19.1. The maximum absolute atomic E-state index is 14.1. The van der Waals surface area contributed by atoms with Crippen LogP contribution in [0.2, 0.25) is 0 Å². The Morgan fingerprint density at radius 2 is 1.60 bits per heavy atom. The molecule has 1 aliphatic heterocycles. The van der Waals surface area contributed by atoms with Gasteiger partial charge in [0.1, 0.15) is 5.82 Å². The van der Waals surface area contributed by atoms with Crippen LogP contribution < -0.4 is 10.2 Å². The first-order chi connectivity index (χ1) is 9.18. The van der Waals surface area contributed by atoms with Crippen molar-refractivity contribution < 1.29 is 22.8 Å². The first-order valence-electron chi connectivity index (χ1n) is 6.65. The zero-order chi connectivity index (χ0) is 15.1. The highest BCUT2D eigenvalue weighted by Crippen LogP contribution is 2.36. The van der Waals surface area contributed by atoms with E-state index in [4.69, 9.17) is 14.0 Å². The van der Waals surface area contributed by atoms with E-state index < -0.39 is 30.0 Å². The quantitative estimate of drug-likeness (QED) is 0.799. The fourth-order valence-corrected chi connectivity index (χ4v) is 1.96. The molecular formula is C14H19BF2O3. The lowest BCUT2D eigenvalue weighted by Gasteiger charge is -2.32. The molecule has 0 N–H and O–H groups in total. The summed E-state index contributed by atoms with van der Waals surface area (Å²) in [6, 6.07) is 2.10. The first kappa shape index (κ1) is 15.3. The van der Waals surface area contributed by atoms with Gasteiger partial charge in [0.15, 0.2) is 11.6 Å². The number of rotatable bonds is 3. The molecular weight excluding hydrogens is 265 g/mol. The molecule has 3 nitrogen and oxygen atoms in total. The molecule has 0 radical (unpaired) electrons. The number of halogens is 2. The van der Waals surface area contributed by atoms with Gasteiger partial charge < -0.3 is 14.0 Å². The van der Waals surface area contributed by atoms with E-state index in [0.717, 1.165) is 12.1 Å². The molecule has 1 aliphatic rings. The minimum atomic E-state index is -0.926. The number of hydrogen-bond acceptors (Lipinski definition) is 3. The predicted molar refractivity (Wildman–Crippen MR) is 73.2 cm³/mol. The van der Waals surface area contributed by atoms with Gasteiger partial charge in [-0.25, -0.2) is 8.78 Å². The molecule has 0 unspecified atom stereocenters. The van der Waals surface area contributed by atoms with E-state index in [1.807, 2.05) is 27.7 Å². The van der Waals surface area contributed by atoms with Crippen molar-refractivity contribution in [2.75, 3.05) is 6.61 Å². The molecule has 0 saturated carbocycles. The van der Waals surface area contributed by atoms with Crippen LogP contribution in [-0.4, -0.2) is 24.9 Å². The van der Waals surface area contributed by atoms with Crippen LogP contribution in [0.5, 0.6) is 5.75 Å². The summed E-state index contributed by atoms with van der Waals surface area (Å²) in [5, 5.41) is 0. The molecule has 1 heterocycles. The van der Waals surface area contributed by atoms with Gasteiger partial charge in [-0.1, -0.05) is 0 Å². The second-order valence-corrected chi connectivity index (χ2v) is 5.83. The largest absolute Gasteiger partial charge is 0.497 e. The fraction of sp³-hybridized carbons (Fsp3) is 0.571. The Hall–Kier alpha value is -1.14. The van der Waals surface area contributed by atoms with Crippen LogP contribution in [0.25, 0.3) is 0 Å². The van der Waals surface area contributed by atoms with E-state index in [1.165, 1.54) is 0 Å². The normalized spacial score (nSPS) is 20.2. The molecule has 0 aliphatic carbocycles. The first-order valence-corrected chi connectivity index (χ1v) is 6.65. The molecule has 6 heteroatoms. The highest BCUT2D eigenvalue weighted by molar-refractivity contribution is 6.62. The Kier molecular flexibility index (Phi) is 3.82. The summed E-state index contributed by atoms with van der Waals surface area (Å²) < 4.78 is 44.4. The molecule has 1 fully saturated rings. The molecule has 0 bridgehead atoms. The number of hydrogen-bond donors (Lipinski definition) is 0. The van der Waals surface area contributed by atoms with Crippen LogP contribution in [0.1, 0.15) is 34.6 Å². The van der Waals surface area contributed by atoms with E-state index in [9.17, 15) is 8.78 Å². The molecule has 20 heavy (non-hydrogen) atoms. The van der Waals surface area contributed by atoms with Crippen molar-refractivity contribution in [3.8, 4) is 5.75 Å². The summed E-state index contributed by atoms with van der Waals surface area (Å²) in [6.45, 7) is 9.41. The fourth-order valence-electron chi connectivity index (χ4n) is 1.96. The second kappa shape index (κ2) is 5.00. The minimum absolute atomic E-state index is 0.0459. The molecule has 1 aromatic carbocycles. The van der Waals surface area contributed by atoms with E-state index in [0.29, 0.717) is 0 Å². The molecule has 0 spiro atoms. The topological polar surface area (TPSA) is 27.7 Å². The van der Waals surface area contributed by atoms with Gasteiger partial charge in [0, 0.05) is 11.5 Å². The lowest BCUT2D eigenvalue weighted by Crippen LogP contribution is -2.41.